The number of benzene rings is 2. The second-order valence-electron chi connectivity index (χ2n) is 6.40. The van der Waals surface area contributed by atoms with Gasteiger partial charge in [0, 0.05) is 24.1 Å². The Morgan fingerprint density at radius 1 is 1.07 bits per heavy atom. The summed E-state index contributed by atoms with van der Waals surface area (Å²) in [5, 5.41) is 6.12. The maximum atomic E-state index is 13.7. The number of nitrogens with one attached hydrogen (secondary N) is 2. The second-order valence-corrected chi connectivity index (χ2v) is 6.40. The molecule has 4 nitrogen and oxygen atoms in total. The first-order valence-corrected chi connectivity index (χ1v) is 8.85. The Morgan fingerprint density at radius 2 is 1.89 bits per heavy atom. The fourth-order valence-electron chi connectivity index (χ4n) is 2.78. The van der Waals surface area contributed by atoms with E-state index in [4.69, 9.17) is 0 Å². The lowest BCUT2D eigenvalue weighted by atomic mass is 10.1. The zero-order valence-corrected chi connectivity index (χ0v) is 15.4. The van der Waals surface area contributed by atoms with Crippen LogP contribution in [-0.2, 0) is 6.42 Å². The molecule has 1 aromatic heterocycles. The summed E-state index contributed by atoms with van der Waals surface area (Å²) in [4.78, 5) is 16.7. The molecule has 0 bridgehead atoms. The Hall–Kier alpha value is -3.21. The van der Waals surface area contributed by atoms with E-state index in [1.54, 1.807) is 30.5 Å². The standard InChI is InChI=1S/C22H22FN3O/c1-15-6-5-9-20(16(15)2)26-22(27)21-14-18(11-13-25-21)24-12-10-17-7-3-4-8-19(17)23/h3-9,11,13-14H,10,12H2,1-2H3,(H,24,25)(H,26,27). The highest BCUT2D eigenvalue weighted by Gasteiger charge is 2.10. The SMILES string of the molecule is Cc1cccc(NC(=O)c2cc(NCCc3ccccc3F)ccn2)c1C. The number of halogens is 1. The molecular formula is C22H22FN3O. The highest BCUT2D eigenvalue weighted by atomic mass is 19.1. The van der Waals surface area contributed by atoms with Crippen LogP contribution in [0.25, 0.3) is 0 Å². The van der Waals surface area contributed by atoms with Crippen molar-refractivity contribution >= 4 is 17.3 Å². The average Bonchev–Trinajstić information content (AvgIpc) is 2.67. The van der Waals surface area contributed by atoms with Crippen molar-refractivity contribution in [1.82, 2.24) is 4.98 Å². The van der Waals surface area contributed by atoms with E-state index in [2.05, 4.69) is 15.6 Å². The van der Waals surface area contributed by atoms with Crippen molar-refractivity contribution in [2.24, 2.45) is 0 Å². The maximum Gasteiger partial charge on any atom is 0.274 e. The molecule has 3 aromatic rings. The maximum absolute atomic E-state index is 13.7. The first-order valence-electron chi connectivity index (χ1n) is 8.85. The second kappa shape index (κ2) is 8.45. The van der Waals surface area contributed by atoms with Crippen LogP contribution >= 0.6 is 0 Å². The van der Waals surface area contributed by atoms with Gasteiger partial charge in [-0.3, -0.25) is 9.78 Å². The summed E-state index contributed by atoms with van der Waals surface area (Å²) in [6, 6.07) is 16.0. The van der Waals surface area contributed by atoms with Crippen LogP contribution in [0, 0.1) is 19.7 Å². The van der Waals surface area contributed by atoms with E-state index in [1.807, 2.05) is 38.1 Å². The minimum Gasteiger partial charge on any atom is -0.385 e. The molecule has 5 heteroatoms. The van der Waals surface area contributed by atoms with Crippen LogP contribution in [0.15, 0.2) is 60.8 Å². The topological polar surface area (TPSA) is 54.0 Å². The third-order valence-corrected chi connectivity index (χ3v) is 4.53. The number of anilines is 2. The Balaban J connectivity index is 1.63. The molecule has 0 radical (unpaired) electrons. The molecule has 1 amide bonds. The van der Waals surface area contributed by atoms with E-state index < -0.39 is 0 Å². The van der Waals surface area contributed by atoms with Gasteiger partial charge in [0.05, 0.1) is 0 Å². The van der Waals surface area contributed by atoms with Crippen LogP contribution < -0.4 is 10.6 Å². The van der Waals surface area contributed by atoms with Crippen LogP contribution in [0.2, 0.25) is 0 Å². The van der Waals surface area contributed by atoms with Gasteiger partial charge in [0.2, 0.25) is 0 Å². The van der Waals surface area contributed by atoms with Gasteiger partial charge in [-0.1, -0.05) is 30.3 Å². The molecule has 0 fully saturated rings. The lowest BCUT2D eigenvalue weighted by Crippen LogP contribution is -2.15. The molecule has 3 rings (SSSR count). The summed E-state index contributed by atoms with van der Waals surface area (Å²) in [6.45, 7) is 4.53. The molecule has 0 atom stereocenters. The Kier molecular flexibility index (Phi) is 5.81. The summed E-state index contributed by atoms with van der Waals surface area (Å²) in [5.74, 6) is -0.468. The van der Waals surface area contributed by atoms with E-state index in [1.165, 1.54) is 6.07 Å². The fraction of sp³-hybridized carbons (Fsp3) is 0.182. The highest BCUT2D eigenvalue weighted by Crippen LogP contribution is 2.19. The number of rotatable bonds is 6. The Bertz CT molecular complexity index is 956. The average molecular weight is 363 g/mol. The summed E-state index contributed by atoms with van der Waals surface area (Å²) in [7, 11) is 0. The number of carbonyl (C=O) groups is 1. The van der Waals surface area contributed by atoms with Crippen LogP contribution in [0.3, 0.4) is 0 Å². The summed E-state index contributed by atoms with van der Waals surface area (Å²) >= 11 is 0. The van der Waals surface area contributed by atoms with Crippen molar-refractivity contribution in [2.45, 2.75) is 20.3 Å². The molecule has 0 saturated heterocycles. The molecule has 138 valence electrons. The molecule has 1 heterocycles. The number of aromatic nitrogens is 1. The van der Waals surface area contributed by atoms with Gasteiger partial charge in [-0.25, -0.2) is 4.39 Å². The van der Waals surface area contributed by atoms with Gasteiger partial charge >= 0.3 is 0 Å². The third kappa shape index (κ3) is 4.70. The molecule has 2 aromatic carbocycles. The smallest absolute Gasteiger partial charge is 0.274 e. The lowest BCUT2D eigenvalue weighted by molar-refractivity contribution is 0.102. The number of carbonyl (C=O) groups excluding carboxylic acids is 1. The normalized spacial score (nSPS) is 10.5. The predicted molar refractivity (Wildman–Crippen MR) is 107 cm³/mol. The van der Waals surface area contributed by atoms with Crippen molar-refractivity contribution in [1.29, 1.82) is 0 Å². The van der Waals surface area contributed by atoms with E-state index in [0.29, 0.717) is 24.2 Å². The fourth-order valence-corrected chi connectivity index (χ4v) is 2.78. The zero-order chi connectivity index (χ0) is 19.2. The molecule has 2 N–H and O–H groups in total. The minimum absolute atomic E-state index is 0.206. The zero-order valence-electron chi connectivity index (χ0n) is 15.4. The molecule has 0 aliphatic rings. The van der Waals surface area contributed by atoms with Gasteiger partial charge in [0.15, 0.2) is 0 Å². The van der Waals surface area contributed by atoms with Gasteiger partial charge in [0.25, 0.3) is 5.91 Å². The van der Waals surface area contributed by atoms with Crippen molar-refractivity contribution in [3.05, 3.63) is 89.0 Å². The van der Waals surface area contributed by atoms with Gasteiger partial charge < -0.3 is 10.6 Å². The van der Waals surface area contributed by atoms with Crippen molar-refractivity contribution in [3.8, 4) is 0 Å². The number of nitrogens with zero attached hydrogens (tertiary/aromatic N) is 1. The number of amides is 1. The van der Waals surface area contributed by atoms with Gasteiger partial charge in [-0.2, -0.15) is 0 Å². The summed E-state index contributed by atoms with van der Waals surface area (Å²) in [6.07, 6.45) is 2.14. The minimum atomic E-state index is -0.263. The van der Waals surface area contributed by atoms with E-state index in [9.17, 15) is 9.18 Å². The van der Waals surface area contributed by atoms with E-state index in [-0.39, 0.29) is 11.7 Å². The van der Waals surface area contributed by atoms with Crippen molar-refractivity contribution < 1.29 is 9.18 Å². The molecule has 0 spiro atoms. The summed E-state index contributed by atoms with van der Waals surface area (Å²) in [5.41, 5.74) is 4.68. The Morgan fingerprint density at radius 3 is 2.70 bits per heavy atom. The monoisotopic (exact) mass is 363 g/mol. The number of hydrogen-bond acceptors (Lipinski definition) is 3. The molecule has 0 aliphatic carbocycles. The number of hydrogen-bond donors (Lipinski definition) is 2. The number of aryl methyl sites for hydroxylation is 1. The van der Waals surface area contributed by atoms with E-state index >= 15 is 0 Å². The highest BCUT2D eigenvalue weighted by molar-refractivity contribution is 6.03. The predicted octanol–water partition coefficient (Wildman–Crippen LogP) is 4.74. The van der Waals surface area contributed by atoms with Gasteiger partial charge in [-0.15, -0.1) is 0 Å². The lowest BCUT2D eigenvalue weighted by Gasteiger charge is -2.11. The third-order valence-electron chi connectivity index (χ3n) is 4.53. The molecular weight excluding hydrogens is 341 g/mol. The molecule has 0 aliphatic heterocycles. The molecule has 0 saturated carbocycles. The first kappa shape index (κ1) is 18.6. The van der Waals surface area contributed by atoms with Crippen LogP contribution in [0.1, 0.15) is 27.2 Å². The van der Waals surface area contributed by atoms with Crippen LogP contribution in [0.5, 0.6) is 0 Å². The molecule has 0 unspecified atom stereocenters. The largest absolute Gasteiger partial charge is 0.385 e. The van der Waals surface area contributed by atoms with E-state index in [0.717, 1.165) is 22.5 Å². The first-order chi connectivity index (χ1) is 13.0. The quantitative estimate of drug-likeness (QED) is 0.665. The van der Waals surface area contributed by atoms with Crippen LogP contribution in [0.4, 0.5) is 15.8 Å². The molecule has 27 heavy (non-hydrogen) atoms. The van der Waals surface area contributed by atoms with Crippen molar-refractivity contribution in [3.63, 3.8) is 0 Å². The van der Waals surface area contributed by atoms with Crippen LogP contribution in [-0.4, -0.2) is 17.4 Å². The summed E-state index contributed by atoms with van der Waals surface area (Å²) < 4.78 is 13.7. The van der Waals surface area contributed by atoms with Crippen molar-refractivity contribution in [2.75, 3.05) is 17.2 Å². The van der Waals surface area contributed by atoms with Gasteiger partial charge in [-0.05, 0) is 61.2 Å². The number of pyridine rings is 1. The van der Waals surface area contributed by atoms with Gasteiger partial charge in [0.1, 0.15) is 11.5 Å². The Labute approximate surface area is 158 Å².